The van der Waals surface area contributed by atoms with E-state index in [0.29, 0.717) is 6.61 Å². The van der Waals surface area contributed by atoms with Crippen molar-refractivity contribution in [1.29, 1.82) is 0 Å². The summed E-state index contributed by atoms with van der Waals surface area (Å²) in [5.74, 6) is 0. The van der Waals surface area contributed by atoms with E-state index in [0.717, 1.165) is 39.1 Å². The van der Waals surface area contributed by atoms with Crippen LogP contribution in [0.1, 0.15) is 39.5 Å². The van der Waals surface area contributed by atoms with Crippen molar-refractivity contribution in [2.45, 2.75) is 57.3 Å². The van der Waals surface area contributed by atoms with Gasteiger partial charge in [-0.15, -0.1) is 0 Å². The van der Waals surface area contributed by atoms with Gasteiger partial charge in [-0.1, -0.05) is 0 Å². The summed E-state index contributed by atoms with van der Waals surface area (Å²) in [6.07, 6.45) is 4.29. The molecule has 1 unspecified atom stereocenters. The van der Waals surface area contributed by atoms with Crippen LogP contribution >= 0.6 is 0 Å². The predicted octanol–water partition coefficient (Wildman–Crippen LogP) is 1.42. The molecule has 0 aromatic carbocycles. The molecule has 18 heavy (non-hydrogen) atoms. The lowest BCUT2D eigenvalue weighted by molar-refractivity contribution is -0.0667. The first-order chi connectivity index (χ1) is 8.58. The van der Waals surface area contributed by atoms with Crippen LogP contribution in [0, 0.1) is 0 Å². The number of rotatable bonds is 5. The van der Waals surface area contributed by atoms with Gasteiger partial charge in [0.2, 0.25) is 0 Å². The Morgan fingerprint density at radius 3 is 2.72 bits per heavy atom. The molecule has 0 radical (unpaired) electrons. The van der Waals surface area contributed by atoms with Crippen molar-refractivity contribution >= 4 is 0 Å². The molecular formula is C14H27NO3. The third-order valence-electron chi connectivity index (χ3n) is 4.20. The maximum atomic E-state index is 10.1. The predicted molar refractivity (Wildman–Crippen MR) is 70.7 cm³/mol. The zero-order valence-electron chi connectivity index (χ0n) is 11.7. The molecule has 0 spiro atoms. The van der Waals surface area contributed by atoms with Crippen LogP contribution in [0.15, 0.2) is 0 Å². The van der Waals surface area contributed by atoms with Crippen LogP contribution in [0.4, 0.5) is 0 Å². The van der Waals surface area contributed by atoms with Crippen LogP contribution in [0.3, 0.4) is 0 Å². The summed E-state index contributed by atoms with van der Waals surface area (Å²) >= 11 is 0. The molecule has 2 fully saturated rings. The summed E-state index contributed by atoms with van der Waals surface area (Å²) in [7, 11) is 0. The first-order valence-corrected chi connectivity index (χ1v) is 7.20. The average molecular weight is 257 g/mol. The normalized spacial score (nSPS) is 27.5. The van der Waals surface area contributed by atoms with E-state index in [1.165, 1.54) is 12.8 Å². The van der Waals surface area contributed by atoms with Crippen LogP contribution in [0.25, 0.3) is 0 Å². The van der Waals surface area contributed by atoms with E-state index >= 15 is 0 Å². The largest absolute Gasteiger partial charge is 0.389 e. The van der Waals surface area contributed by atoms with Gasteiger partial charge in [-0.3, -0.25) is 4.90 Å². The Morgan fingerprint density at radius 1 is 1.39 bits per heavy atom. The molecule has 4 nitrogen and oxygen atoms in total. The Bertz CT molecular complexity index is 251. The maximum absolute atomic E-state index is 10.1. The smallest absolute Gasteiger partial charge is 0.0900 e. The molecule has 0 bridgehead atoms. The fourth-order valence-corrected chi connectivity index (χ4v) is 2.90. The fourth-order valence-electron chi connectivity index (χ4n) is 2.90. The molecule has 0 aromatic heterocycles. The molecule has 106 valence electrons. The van der Waals surface area contributed by atoms with Crippen molar-refractivity contribution in [2.24, 2.45) is 0 Å². The van der Waals surface area contributed by atoms with Crippen LogP contribution in [0.2, 0.25) is 0 Å². The standard InChI is InChI=1S/C14H27NO3/c1-14(2)6-3-7-15(14)10-12(16)11-18-13-4-8-17-9-5-13/h12-13,16H,3-11H2,1-2H3. The van der Waals surface area contributed by atoms with Gasteiger partial charge < -0.3 is 14.6 Å². The SMILES string of the molecule is CC1(C)CCCN1CC(O)COC1CCOCC1. The summed E-state index contributed by atoms with van der Waals surface area (Å²) in [4.78, 5) is 2.38. The Labute approximate surface area is 110 Å². The molecule has 0 aliphatic carbocycles. The minimum absolute atomic E-state index is 0.236. The highest BCUT2D eigenvalue weighted by Crippen LogP contribution is 2.28. The Kier molecular flexibility index (Phi) is 5.01. The molecule has 2 aliphatic heterocycles. The van der Waals surface area contributed by atoms with Crippen molar-refractivity contribution in [2.75, 3.05) is 32.9 Å². The van der Waals surface area contributed by atoms with Crippen molar-refractivity contribution < 1.29 is 14.6 Å². The number of hydrogen-bond donors (Lipinski definition) is 1. The molecule has 2 rings (SSSR count). The van der Waals surface area contributed by atoms with Crippen LogP contribution in [0.5, 0.6) is 0 Å². The number of nitrogens with zero attached hydrogens (tertiary/aromatic N) is 1. The van der Waals surface area contributed by atoms with E-state index in [9.17, 15) is 5.11 Å². The molecule has 2 saturated heterocycles. The lowest BCUT2D eigenvalue weighted by Gasteiger charge is -2.33. The summed E-state index contributed by atoms with van der Waals surface area (Å²) < 4.78 is 11.1. The van der Waals surface area contributed by atoms with Crippen LogP contribution in [-0.2, 0) is 9.47 Å². The monoisotopic (exact) mass is 257 g/mol. The number of aliphatic hydroxyl groups is 1. The quantitative estimate of drug-likeness (QED) is 0.809. The summed E-state index contributed by atoms with van der Waals surface area (Å²) in [6.45, 7) is 8.38. The molecule has 2 heterocycles. The van der Waals surface area contributed by atoms with Crippen LogP contribution < -0.4 is 0 Å². The molecular weight excluding hydrogens is 230 g/mol. The van der Waals surface area contributed by atoms with E-state index in [1.54, 1.807) is 0 Å². The highest BCUT2D eigenvalue weighted by atomic mass is 16.5. The van der Waals surface area contributed by atoms with Crippen LogP contribution in [-0.4, -0.2) is 60.7 Å². The van der Waals surface area contributed by atoms with E-state index < -0.39 is 0 Å². The molecule has 0 amide bonds. The lowest BCUT2D eigenvalue weighted by atomic mass is 10.0. The Hall–Kier alpha value is -0.160. The minimum atomic E-state index is -0.370. The maximum Gasteiger partial charge on any atom is 0.0900 e. The second-order valence-corrected chi connectivity index (χ2v) is 6.16. The molecule has 1 atom stereocenters. The minimum Gasteiger partial charge on any atom is -0.389 e. The van der Waals surface area contributed by atoms with Gasteiger partial charge in [0.25, 0.3) is 0 Å². The van der Waals surface area contributed by atoms with E-state index in [-0.39, 0.29) is 17.7 Å². The van der Waals surface area contributed by atoms with Crippen molar-refractivity contribution in [3.8, 4) is 0 Å². The van der Waals surface area contributed by atoms with E-state index in [2.05, 4.69) is 18.7 Å². The average Bonchev–Trinajstić information content (AvgIpc) is 2.68. The number of hydrogen-bond acceptors (Lipinski definition) is 4. The zero-order chi connectivity index (χ0) is 13.0. The van der Waals surface area contributed by atoms with Gasteiger partial charge in [0.05, 0.1) is 18.8 Å². The highest BCUT2D eigenvalue weighted by Gasteiger charge is 2.32. The second-order valence-electron chi connectivity index (χ2n) is 6.16. The van der Waals surface area contributed by atoms with Gasteiger partial charge in [-0.25, -0.2) is 0 Å². The second kappa shape index (κ2) is 6.33. The molecule has 0 saturated carbocycles. The fraction of sp³-hybridized carbons (Fsp3) is 1.00. The molecule has 4 heteroatoms. The van der Waals surface area contributed by atoms with Gasteiger partial charge in [-0.05, 0) is 46.1 Å². The first-order valence-electron chi connectivity index (χ1n) is 7.20. The highest BCUT2D eigenvalue weighted by molar-refractivity contribution is 4.88. The lowest BCUT2D eigenvalue weighted by Crippen LogP contribution is -2.44. The summed E-state index contributed by atoms with van der Waals surface area (Å²) in [5, 5.41) is 10.1. The van der Waals surface area contributed by atoms with Gasteiger partial charge in [0.15, 0.2) is 0 Å². The molecule has 2 aliphatic rings. The third kappa shape index (κ3) is 3.92. The van der Waals surface area contributed by atoms with E-state index in [1.807, 2.05) is 0 Å². The van der Waals surface area contributed by atoms with Crippen molar-refractivity contribution in [3.63, 3.8) is 0 Å². The molecule has 1 N–H and O–H groups in total. The van der Waals surface area contributed by atoms with Gasteiger partial charge in [0, 0.05) is 25.3 Å². The summed E-state index contributed by atoms with van der Waals surface area (Å²) in [5.41, 5.74) is 0.236. The number of likely N-dealkylation sites (tertiary alicyclic amines) is 1. The zero-order valence-corrected chi connectivity index (χ0v) is 11.7. The van der Waals surface area contributed by atoms with Gasteiger partial charge in [0.1, 0.15) is 0 Å². The first kappa shape index (κ1) is 14.3. The summed E-state index contributed by atoms with van der Waals surface area (Å²) in [6, 6.07) is 0. The van der Waals surface area contributed by atoms with Crippen molar-refractivity contribution in [1.82, 2.24) is 4.90 Å². The van der Waals surface area contributed by atoms with Gasteiger partial charge >= 0.3 is 0 Å². The van der Waals surface area contributed by atoms with Crippen molar-refractivity contribution in [3.05, 3.63) is 0 Å². The Morgan fingerprint density at radius 2 is 2.11 bits per heavy atom. The number of β-amino-alcohol motifs (C(OH)–C–C–N with tert-alkyl or cyclic N) is 1. The third-order valence-corrected chi connectivity index (χ3v) is 4.20. The van der Waals surface area contributed by atoms with Gasteiger partial charge in [-0.2, -0.15) is 0 Å². The Balaban J connectivity index is 1.66. The number of ether oxygens (including phenoxy) is 2. The topological polar surface area (TPSA) is 41.9 Å². The van der Waals surface area contributed by atoms with E-state index in [4.69, 9.17) is 9.47 Å². The molecule has 0 aromatic rings. The number of aliphatic hydroxyl groups excluding tert-OH is 1.